The van der Waals surface area contributed by atoms with E-state index in [9.17, 15) is 4.79 Å². The van der Waals surface area contributed by atoms with Gasteiger partial charge in [0.05, 0.1) is 0 Å². The van der Waals surface area contributed by atoms with Gasteiger partial charge < -0.3 is 10.6 Å². The number of amides is 1. The largest absolute Gasteiger partial charge is 0.399 e. The number of carbonyl (C=O) groups is 1. The van der Waals surface area contributed by atoms with E-state index in [0.29, 0.717) is 17.8 Å². The highest BCUT2D eigenvalue weighted by atomic mass is 16.2. The van der Waals surface area contributed by atoms with Crippen LogP contribution in [0.2, 0.25) is 0 Å². The summed E-state index contributed by atoms with van der Waals surface area (Å²) in [7, 11) is 0. The minimum absolute atomic E-state index is 0.0992. The summed E-state index contributed by atoms with van der Waals surface area (Å²) < 4.78 is 0. The van der Waals surface area contributed by atoms with E-state index in [2.05, 4.69) is 13.8 Å². The normalized spacial score (nSPS) is 23.8. The van der Waals surface area contributed by atoms with Crippen LogP contribution in [-0.4, -0.2) is 22.9 Å². The lowest BCUT2D eigenvalue weighted by atomic mass is 9.97. The number of nitrogens with zero attached hydrogens (tertiary/aromatic N) is 1. The number of nitrogen functional groups attached to an aromatic ring is 1. The molecule has 1 aromatic rings. The second-order valence-electron chi connectivity index (χ2n) is 5.38. The number of likely N-dealkylation sites (tertiary alicyclic amines) is 1. The summed E-state index contributed by atoms with van der Waals surface area (Å²) in [4.78, 5) is 14.3. The van der Waals surface area contributed by atoms with Gasteiger partial charge in [-0.15, -0.1) is 0 Å². The lowest BCUT2D eigenvalue weighted by Crippen LogP contribution is -2.46. The Morgan fingerprint density at radius 3 is 2.63 bits per heavy atom. The van der Waals surface area contributed by atoms with Crippen molar-refractivity contribution in [3.05, 3.63) is 35.9 Å². The molecule has 0 bridgehead atoms. The Morgan fingerprint density at radius 1 is 1.32 bits per heavy atom. The van der Waals surface area contributed by atoms with Crippen molar-refractivity contribution in [1.29, 1.82) is 0 Å². The number of carbonyl (C=O) groups excluding carboxylic acids is 1. The molecule has 19 heavy (non-hydrogen) atoms. The van der Waals surface area contributed by atoms with Crippen LogP contribution in [-0.2, 0) is 4.79 Å². The van der Waals surface area contributed by atoms with Crippen LogP contribution in [0.15, 0.2) is 30.3 Å². The summed E-state index contributed by atoms with van der Waals surface area (Å²) in [6.07, 6.45) is 6.91. The first-order valence-corrected chi connectivity index (χ1v) is 6.94. The van der Waals surface area contributed by atoms with Crippen LogP contribution in [0.25, 0.3) is 6.08 Å². The highest BCUT2D eigenvalue weighted by Gasteiger charge is 2.27. The molecule has 2 N–H and O–H groups in total. The van der Waals surface area contributed by atoms with Crippen LogP contribution in [0.4, 0.5) is 5.69 Å². The summed E-state index contributed by atoms with van der Waals surface area (Å²) in [6, 6.07) is 8.22. The highest BCUT2D eigenvalue weighted by molar-refractivity contribution is 5.92. The molecule has 3 heteroatoms. The standard InChI is InChI=1S/C16H22N2O/c1-12-5-3-6-13(2)18(12)16(19)10-9-14-7-4-8-15(17)11-14/h4,7-13H,3,5-6,17H2,1-2H3/b10-9+. The number of nitrogens with two attached hydrogens (primary N) is 1. The van der Waals surface area contributed by atoms with E-state index in [0.717, 1.165) is 18.4 Å². The molecule has 2 atom stereocenters. The Bertz CT molecular complexity index is 471. The Labute approximate surface area is 115 Å². The first-order valence-electron chi connectivity index (χ1n) is 6.94. The van der Waals surface area contributed by atoms with E-state index < -0.39 is 0 Å². The van der Waals surface area contributed by atoms with Gasteiger partial charge in [0.15, 0.2) is 0 Å². The summed E-state index contributed by atoms with van der Waals surface area (Å²) in [5.41, 5.74) is 7.40. The summed E-state index contributed by atoms with van der Waals surface area (Å²) in [6.45, 7) is 4.25. The smallest absolute Gasteiger partial charge is 0.247 e. The minimum Gasteiger partial charge on any atom is -0.399 e. The SMILES string of the molecule is CC1CCCC(C)N1C(=O)/C=C/c1cccc(N)c1. The van der Waals surface area contributed by atoms with Gasteiger partial charge >= 0.3 is 0 Å². The molecule has 1 heterocycles. The van der Waals surface area contributed by atoms with E-state index in [-0.39, 0.29) is 5.91 Å². The van der Waals surface area contributed by atoms with Gasteiger partial charge in [0, 0.05) is 23.8 Å². The molecule has 0 aliphatic carbocycles. The Balaban J connectivity index is 2.07. The van der Waals surface area contributed by atoms with Crippen molar-refractivity contribution in [1.82, 2.24) is 4.90 Å². The molecule has 1 aromatic carbocycles. The monoisotopic (exact) mass is 258 g/mol. The predicted molar refractivity (Wildman–Crippen MR) is 79.5 cm³/mol. The highest BCUT2D eigenvalue weighted by Crippen LogP contribution is 2.23. The number of rotatable bonds is 2. The van der Waals surface area contributed by atoms with Gasteiger partial charge in [-0.3, -0.25) is 4.79 Å². The number of hydrogen-bond acceptors (Lipinski definition) is 2. The second kappa shape index (κ2) is 5.91. The molecule has 0 radical (unpaired) electrons. The molecule has 102 valence electrons. The fraction of sp³-hybridized carbons (Fsp3) is 0.438. The minimum atomic E-state index is 0.0992. The average Bonchev–Trinajstić information content (AvgIpc) is 2.36. The molecule has 3 nitrogen and oxygen atoms in total. The second-order valence-corrected chi connectivity index (χ2v) is 5.38. The number of benzene rings is 1. The molecule has 0 saturated carbocycles. The molecular weight excluding hydrogens is 236 g/mol. The van der Waals surface area contributed by atoms with Crippen LogP contribution >= 0.6 is 0 Å². The lowest BCUT2D eigenvalue weighted by Gasteiger charge is -2.38. The van der Waals surface area contributed by atoms with Crippen molar-refractivity contribution >= 4 is 17.7 Å². The van der Waals surface area contributed by atoms with Crippen molar-refractivity contribution < 1.29 is 4.79 Å². The predicted octanol–water partition coefficient (Wildman–Crippen LogP) is 3.07. The van der Waals surface area contributed by atoms with E-state index in [1.165, 1.54) is 6.42 Å². The van der Waals surface area contributed by atoms with Crippen LogP contribution in [0.1, 0.15) is 38.7 Å². The summed E-state index contributed by atoms with van der Waals surface area (Å²) in [5.74, 6) is 0.0992. The quantitative estimate of drug-likeness (QED) is 0.654. The third-order valence-electron chi connectivity index (χ3n) is 3.78. The summed E-state index contributed by atoms with van der Waals surface area (Å²) >= 11 is 0. The first-order chi connectivity index (χ1) is 9.08. The Morgan fingerprint density at radius 2 is 2.00 bits per heavy atom. The van der Waals surface area contributed by atoms with Crippen LogP contribution in [0, 0.1) is 0 Å². The van der Waals surface area contributed by atoms with Crippen LogP contribution in [0.5, 0.6) is 0 Å². The molecule has 1 aliphatic rings. The maximum Gasteiger partial charge on any atom is 0.247 e. The Hall–Kier alpha value is -1.77. The van der Waals surface area contributed by atoms with Gasteiger partial charge in [-0.2, -0.15) is 0 Å². The average molecular weight is 258 g/mol. The number of hydrogen-bond donors (Lipinski definition) is 1. The molecular formula is C16H22N2O. The zero-order chi connectivity index (χ0) is 13.8. The fourth-order valence-corrected chi connectivity index (χ4v) is 2.77. The van der Waals surface area contributed by atoms with E-state index in [1.54, 1.807) is 6.08 Å². The molecule has 2 unspecified atom stereocenters. The zero-order valence-corrected chi connectivity index (χ0v) is 11.7. The van der Waals surface area contributed by atoms with Crippen molar-refractivity contribution in [3.63, 3.8) is 0 Å². The van der Waals surface area contributed by atoms with E-state index >= 15 is 0 Å². The third-order valence-corrected chi connectivity index (χ3v) is 3.78. The Kier molecular flexibility index (Phi) is 4.25. The van der Waals surface area contributed by atoms with Crippen molar-refractivity contribution in [3.8, 4) is 0 Å². The van der Waals surface area contributed by atoms with Gasteiger partial charge in [0.1, 0.15) is 0 Å². The fourth-order valence-electron chi connectivity index (χ4n) is 2.77. The van der Waals surface area contributed by atoms with Gasteiger partial charge in [-0.25, -0.2) is 0 Å². The summed E-state index contributed by atoms with van der Waals surface area (Å²) in [5, 5.41) is 0. The zero-order valence-electron chi connectivity index (χ0n) is 11.7. The van der Waals surface area contributed by atoms with Crippen molar-refractivity contribution in [2.75, 3.05) is 5.73 Å². The molecule has 2 rings (SSSR count). The van der Waals surface area contributed by atoms with Crippen molar-refractivity contribution in [2.24, 2.45) is 0 Å². The number of piperidine rings is 1. The van der Waals surface area contributed by atoms with Crippen LogP contribution < -0.4 is 5.73 Å². The topological polar surface area (TPSA) is 46.3 Å². The molecule has 0 spiro atoms. The van der Waals surface area contributed by atoms with Crippen molar-refractivity contribution in [2.45, 2.75) is 45.2 Å². The van der Waals surface area contributed by atoms with Gasteiger partial charge in [-0.05, 0) is 56.9 Å². The maximum absolute atomic E-state index is 12.3. The molecule has 1 amide bonds. The lowest BCUT2D eigenvalue weighted by molar-refractivity contribution is -0.131. The molecule has 0 aromatic heterocycles. The molecule has 1 aliphatic heterocycles. The number of anilines is 1. The third kappa shape index (κ3) is 3.37. The maximum atomic E-state index is 12.3. The first kappa shape index (κ1) is 13.7. The van der Waals surface area contributed by atoms with E-state index in [1.807, 2.05) is 35.2 Å². The van der Waals surface area contributed by atoms with E-state index in [4.69, 9.17) is 5.73 Å². The van der Waals surface area contributed by atoms with Gasteiger partial charge in [0.2, 0.25) is 5.91 Å². The van der Waals surface area contributed by atoms with Gasteiger partial charge in [-0.1, -0.05) is 12.1 Å². The van der Waals surface area contributed by atoms with Gasteiger partial charge in [0.25, 0.3) is 0 Å². The van der Waals surface area contributed by atoms with Crippen LogP contribution in [0.3, 0.4) is 0 Å². The molecule has 1 saturated heterocycles. The molecule has 1 fully saturated rings.